The van der Waals surface area contributed by atoms with Crippen LogP contribution < -0.4 is 5.73 Å². The molecule has 1 nitrogen and oxygen atoms in total. The molecule has 0 aliphatic heterocycles. The summed E-state index contributed by atoms with van der Waals surface area (Å²) in [5.41, 5.74) is 1.17. The van der Waals surface area contributed by atoms with E-state index >= 15 is 0 Å². The zero-order chi connectivity index (χ0) is 10.5. The van der Waals surface area contributed by atoms with E-state index in [1.165, 1.54) is 0 Å². The Morgan fingerprint density at radius 3 is 2.08 bits per heavy atom. The third-order valence-electron chi connectivity index (χ3n) is 1.87. The summed E-state index contributed by atoms with van der Waals surface area (Å²) < 4.78 is 35.3. The third kappa shape index (κ3) is 8.43. The Hall–Kier alpha value is 0.100. The predicted molar refractivity (Wildman–Crippen MR) is 50.6 cm³/mol. The molecule has 0 amide bonds. The molecule has 2 N–H and O–H groups in total. The van der Waals surface area contributed by atoms with Crippen LogP contribution in [0.25, 0.3) is 0 Å². The van der Waals surface area contributed by atoms with E-state index in [4.69, 9.17) is 5.73 Å². The van der Waals surface area contributed by atoms with Crippen molar-refractivity contribution in [2.75, 3.05) is 12.3 Å². The van der Waals surface area contributed by atoms with Gasteiger partial charge in [0.25, 0.3) is 0 Å². The first-order chi connectivity index (χ1) is 5.77. The fourth-order valence-electron chi connectivity index (χ4n) is 0.959. The number of halogens is 3. The van der Waals surface area contributed by atoms with Crippen LogP contribution in [0.3, 0.4) is 0 Å². The van der Waals surface area contributed by atoms with Crippen LogP contribution >= 0.6 is 11.8 Å². The lowest BCUT2D eigenvalue weighted by atomic mass is 9.87. The number of rotatable bonds is 5. The standard InChI is InChI=1S/C8H16F3NS/c1-7(2,3-5-12)4-6-13-8(9,10)11/h3-6,12H2,1-2H3. The molecule has 0 saturated heterocycles. The second-order valence-electron chi connectivity index (χ2n) is 3.75. The number of nitrogens with two attached hydrogens (primary N) is 1. The molecule has 0 saturated carbocycles. The summed E-state index contributed by atoms with van der Waals surface area (Å²) in [5, 5.41) is 0. The first-order valence-corrected chi connectivity index (χ1v) is 5.16. The zero-order valence-corrected chi connectivity index (χ0v) is 8.76. The SMILES string of the molecule is CC(C)(CCN)CCSC(F)(F)F. The van der Waals surface area contributed by atoms with E-state index < -0.39 is 5.51 Å². The van der Waals surface area contributed by atoms with Crippen molar-refractivity contribution >= 4 is 11.8 Å². The number of alkyl halides is 3. The molecule has 0 atom stereocenters. The summed E-state index contributed by atoms with van der Waals surface area (Å²) in [6.07, 6.45) is 1.32. The Bertz CT molecular complexity index is 145. The van der Waals surface area contributed by atoms with Crippen molar-refractivity contribution in [3.8, 4) is 0 Å². The lowest BCUT2D eigenvalue weighted by Crippen LogP contribution is -2.18. The van der Waals surface area contributed by atoms with E-state index in [2.05, 4.69) is 0 Å². The van der Waals surface area contributed by atoms with Gasteiger partial charge in [0.1, 0.15) is 0 Å². The van der Waals surface area contributed by atoms with Gasteiger partial charge in [-0.15, -0.1) is 0 Å². The van der Waals surface area contributed by atoms with Crippen molar-refractivity contribution in [3.63, 3.8) is 0 Å². The maximum absolute atomic E-state index is 11.8. The predicted octanol–water partition coefficient (Wildman–Crippen LogP) is 3.00. The first kappa shape index (κ1) is 13.1. The quantitative estimate of drug-likeness (QED) is 0.763. The highest BCUT2D eigenvalue weighted by Gasteiger charge is 2.29. The lowest BCUT2D eigenvalue weighted by Gasteiger charge is -2.23. The van der Waals surface area contributed by atoms with Gasteiger partial charge in [0, 0.05) is 5.75 Å². The van der Waals surface area contributed by atoms with Gasteiger partial charge in [-0.25, -0.2) is 0 Å². The van der Waals surface area contributed by atoms with E-state index in [9.17, 15) is 13.2 Å². The molecule has 0 bridgehead atoms. The highest BCUT2D eigenvalue weighted by molar-refractivity contribution is 8.00. The van der Waals surface area contributed by atoms with Crippen LogP contribution in [0.15, 0.2) is 0 Å². The summed E-state index contributed by atoms with van der Waals surface area (Å²) in [6.45, 7) is 4.41. The molecule has 0 unspecified atom stereocenters. The van der Waals surface area contributed by atoms with Gasteiger partial charge in [0.05, 0.1) is 0 Å². The molecule has 0 aliphatic rings. The molecule has 0 spiro atoms. The second-order valence-corrected chi connectivity index (χ2v) is 4.91. The Morgan fingerprint density at radius 1 is 1.15 bits per heavy atom. The molecule has 5 heteroatoms. The summed E-state index contributed by atoms with van der Waals surface area (Å²) >= 11 is 0.0455. The van der Waals surface area contributed by atoms with Crippen LogP contribution in [0.2, 0.25) is 0 Å². The van der Waals surface area contributed by atoms with Gasteiger partial charge in [-0.1, -0.05) is 25.6 Å². The van der Waals surface area contributed by atoms with Crippen molar-refractivity contribution in [1.29, 1.82) is 0 Å². The fraction of sp³-hybridized carbons (Fsp3) is 1.00. The maximum Gasteiger partial charge on any atom is 0.441 e. The Balaban J connectivity index is 3.63. The minimum atomic E-state index is -4.10. The van der Waals surface area contributed by atoms with Crippen molar-refractivity contribution in [2.24, 2.45) is 11.1 Å². The van der Waals surface area contributed by atoms with Crippen LogP contribution in [0.1, 0.15) is 26.7 Å². The van der Waals surface area contributed by atoms with Gasteiger partial charge in [0.15, 0.2) is 0 Å². The molecule has 13 heavy (non-hydrogen) atoms. The van der Waals surface area contributed by atoms with Crippen LogP contribution in [0, 0.1) is 5.41 Å². The molecular weight excluding hydrogens is 199 g/mol. The minimum Gasteiger partial charge on any atom is -0.330 e. The average Bonchev–Trinajstić information content (AvgIpc) is 1.82. The van der Waals surface area contributed by atoms with E-state index in [1.807, 2.05) is 13.8 Å². The molecule has 0 radical (unpaired) electrons. The van der Waals surface area contributed by atoms with Crippen molar-refractivity contribution in [1.82, 2.24) is 0 Å². The van der Waals surface area contributed by atoms with Crippen LogP contribution in [0.5, 0.6) is 0 Å². The first-order valence-electron chi connectivity index (χ1n) is 4.18. The molecule has 80 valence electrons. The molecule has 0 aliphatic carbocycles. The summed E-state index contributed by atoms with van der Waals surface area (Å²) in [7, 11) is 0. The third-order valence-corrected chi connectivity index (χ3v) is 2.60. The number of thioether (sulfide) groups is 1. The highest BCUT2D eigenvalue weighted by Crippen LogP contribution is 2.34. The largest absolute Gasteiger partial charge is 0.441 e. The highest BCUT2D eigenvalue weighted by atomic mass is 32.2. The summed E-state index contributed by atoms with van der Waals surface area (Å²) in [5.74, 6) is 0.122. The molecule has 0 aromatic carbocycles. The van der Waals surface area contributed by atoms with Crippen molar-refractivity contribution in [3.05, 3.63) is 0 Å². The summed E-state index contributed by atoms with van der Waals surface area (Å²) in [6, 6.07) is 0. The van der Waals surface area contributed by atoms with Crippen LogP contribution in [-0.4, -0.2) is 17.8 Å². The Morgan fingerprint density at radius 2 is 1.69 bits per heavy atom. The van der Waals surface area contributed by atoms with Gasteiger partial charge in [0.2, 0.25) is 0 Å². The Kier molecular flexibility index (Phi) is 5.14. The molecule has 0 aromatic rings. The van der Waals surface area contributed by atoms with Crippen molar-refractivity contribution in [2.45, 2.75) is 32.2 Å². The summed E-state index contributed by atoms with van der Waals surface area (Å²) in [4.78, 5) is 0. The molecule has 0 aromatic heterocycles. The minimum absolute atomic E-state index is 0.0455. The van der Waals surface area contributed by atoms with E-state index in [1.54, 1.807) is 0 Å². The van der Waals surface area contributed by atoms with Gasteiger partial charge in [-0.2, -0.15) is 13.2 Å². The van der Waals surface area contributed by atoms with E-state index in [0.29, 0.717) is 13.0 Å². The van der Waals surface area contributed by atoms with Gasteiger partial charge in [-0.3, -0.25) is 0 Å². The maximum atomic E-state index is 11.8. The molecule has 0 fully saturated rings. The molecular formula is C8H16F3NS. The topological polar surface area (TPSA) is 26.0 Å². The fourth-order valence-corrected chi connectivity index (χ4v) is 1.84. The van der Waals surface area contributed by atoms with E-state index in [0.717, 1.165) is 6.42 Å². The second kappa shape index (κ2) is 5.10. The lowest BCUT2D eigenvalue weighted by molar-refractivity contribution is -0.0328. The zero-order valence-electron chi connectivity index (χ0n) is 7.95. The van der Waals surface area contributed by atoms with Gasteiger partial charge in [-0.05, 0) is 24.8 Å². The number of hydrogen-bond donors (Lipinski definition) is 1. The van der Waals surface area contributed by atoms with Gasteiger partial charge < -0.3 is 5.73 Å². The average molecular weight is 215 g/mol. The van der Waals surface area contributed by atoms with Crippen molar-refractivity contribution < 1.29 is 13.2 Å². The molecule has 0 heterocycles. The van der Waals surface area contributed by atoms with Crippen LogP contribution in [-0.2, 0) is 0 Å². The molecule has 0 rings (SSSR count). The number of hydrogen-bond acceptors (Lipinski definition) is 2. The van der Waals surface area contributed by atoms with Crippen LogP contribution in [0.4, 0.5) is 13.2 Å². The Labute approximate surface area is 81.3 Å². The normalized spacial score (nSPS) is 13.4. The smallest absolute Gasteiger partial charge is 0.330 e. The van der Waals surface area contributed by atoms with Gasteiger partial charge >= 0.3 is 5.51 Å². The van der Waals surface area contributed by atoms with E-state index in [-0.39, 0.29) is 22.9 Å². The monoisotopic (exact) mass is 215 g/mol.